The standard InChI is InChI=1S/C34H47NO6/c1-21-13-9-10-14-24(21)28-30(41-20-22-19-23(33(2,3)4)16-17-25(22)39-8)27(34(5,6)7)29(32(37)38)35(28)31(36)26-15-11-12-18-40-26/h9-10,13-14,16-17,19,26-30H,11-12,15,18,20H2,1-8H3,(H,37,38)/t26-,27+,28-,29-,30-/m0/s1/i20D2. The topological polar surface area (TPSA) is 85.3 Å². The van der Waals surface area contributed by atoms with Gasteiger partial charge in [0.2, 0.25) is 0 Å². The molecule has 2 aliphatic rings. The Kier molecular flexibility index (Phi) is 8.36. The molecule has 1 amide bonds. The first-order valence-electron chi connectivity index (χ1n) is 15.6. The lowest BCUT2D eigenvalue weighted by atomic mass is 9.73. The van der Waals surface area contributed by atoms with Gasteiger partial charge in [-0.25, -0.2) is 4.79 Å². The number of carboxylic acid groups (broad SMARTS) is 1. The average Bonchev–Trinajstić information content (AvgIpc) is 3.27. The maximum atomic E-state index is 14.3. The van der Waals surface area contributed by atoms with E-state index in [4.69, 9.17) is 14.2 Å². The highest BCUT2D eigenvalue weighted by Gasteiger charge is 2.59. The number of benzene rings is 2. The summed E-state index contributed by atoms with van der Waals surface area (Å²) in [4.78, 5) is 28.9. The predicted octanol–water partition coefficient (Wildman–Crippen LogP) is 6.45. The van der Waals surface area contributed by atoms with Gasteiger partial charge in [-0.2, -0.15) is 0 Å². The van der Waals surface area contributed by atoms with Gasteiger partial charge >= 0.3 is 5.97 Å². The molecule has 7 nitrogen and oxygen atoms in total. The summed E-state index contributed by atoms with van der Waals surface area (Å²) in [6, 6.07) is 10.8. The van der Waals surface area contributed by atoms with E-state index < -0.39 is 54.1 Å². The van der Waals surface area contributed by atoms with Crippen LogP contribution < -0.4 is 4.74 Å². The van der Waals surface area contributed by atoms with Crippen LogP contribution in [0.15, 0.2) is 42.5 Å². The highest BCUT2D eigenvalue weighted by atomic mass is 16.5. The van der Waals surface area contributed by atoms with E-state index in [1.165, 1.54) is 12.0 Å². The molecule has 2 heterocycles. The Morgan fingerprint density at radius 2 is 1.80 bits per heavy atom. The summed E-state index contributed by atoms with van der Waals surface area (Å²) in [5.74, 6) is -1.97. The van der Waals surface area contributed by atoms with Crippen molar-refractivity contribution < 1.29 is 31.6 Å². The Balaban J connectivity index is 1.93. The van der Waals surface area contributed by atoms with Crippen LogP contribution in [0.3, 0.4) is 0 Å². The number of nitrogens with zero attached hydrogens (tertiary/aromatic N) is 1. The molecule has 7 heteroatoms. The zero-order valence-corrected chi connectivity index (χ0v) is 25.7. The molecular formula is C34H47NO6. The van der Waals surface area contributed by atoms with Crippen LogP contribution in [0.5, 0.6) is 5.75 Å². The third-order valence-electron chi connectivity index (χ3n) is 8.44. The van der Waals surface area contributed by atoms with Crippen molar-refractivity contribution >= 4 is 11.9 Å². The van der Waals surface area contributed by atoms with Crippen LogP contribution >= 0.6 is 0 Å². The molecule has 5 atom stereocenters. The maximum Gasteiger partial charge on any atom is 0.326 e. The monoisotopic (exact) mass is 567 g/mol. The fraction of sp³-hybridized carbons (Fsp3) is 0.588. The molecule has 0 aliphatic carbocycles. The number of aliphatic carboxylic acids is 1. The number of hydrogen-bond donors (Lipinski definition) is 1. The smallest absolute Gasteiger partial charge is 0.326 e. The summed E-state index contributed by atoms with van der Waals surface area (Å²) < 4.78 is 36.7. The Hall–Kier alpha value is -2.90. The van der Waals surface area contributed by atoms with E-state index in [0.717, 1.165) is 29.5 Å². The molecule has 2 aromatic carbocycles. The van der Waals surface area contributed by atoms with Crippen LogP contribution in [0.2, 0.25) is 0 Å². The molecule has 0 spiro atoms. The fourth-order valence-corrected chi connectivity index (χ4v) is 6.26. The van der Waals surface area contributed by atoms with Crippen molar-refractivity contribution in [3.8, 4) is 5.75 Å². The lowest BCUT2D eigenvalue weighted by molar-refractivity contribution is -0.159. The molecule has 0 aromatic heterocycles. The zero-order chi connectivity index (χ0) is 31.9. The number of aryl methyl sites for hydroxylation is 1. The van der Waals surface area contributed by atoms with Crippen LogP contribution in [-0.2, 0) is 31.0 Å². The van der Waals surface area contributed by atoms with E-state index in [1.807, 2.05) is 78.8 Å². The Labute approximate surface area is 248 Å². The van der Waals surface area contributed by atoms with Gasteiger partial charge in [0.05, 0.1) is 28.6 Å². The number of carboxylic acids is 1. The van der Waals surface area contributed by atoms with Crippen molar-refractivity contribution in [3.63, 3.8) is 0 Å². The van der Waals surface area contributed by atoms with Crippen molar-refractivity contribution in [1.29, 1.82) is 0 Å². The lowest BCUT2D eigenvalue weighted by Gasteiger charge is -2.35. The van der Waals surface area contributed by atoms with Gasteiger partial charge in [-0.3, -0.25) is 4.79 Å². The second-order valence-corrected chi connectivity index (χ2v) is 13.4. The molecular weight excluding hydrogens is 518 g/mol. The Morgan fingerprint density at radius 3 is 2.37 bits per heavy atom. The quantitative estimate of drug-likeness (QED) is 0.414. The minimum Gasteiger partial charge on any atom is -0.496 e. The van der Waals surface area contributed by atoms with Crippen LogP contribution in [0.25, 0.3) is 0 Å². The first-order valence-corrected chi connectivity index (χ1v) is 14.6. The van der Waals surface area contributed by atoms with Gasteiger partial charge in [-0.05, 0) is 65.8 Å². The van der Waals surface area contributed by atoms with Crippen molar-refractivity contribution in [1.82, 2.24) is 4.90 Å². The number of methoxy groups -OCH3 is 1. The van der Waals surface area contributed by atoms with Gasteiger partial charge in [0.25, 0.3) is 5.91 Å². The second kappa shape index (κ2) is 12.1. The van der Waals surface area contributed by atoms with Gasteiger partial charge in [-0.15, -0.1) is 0 Å². The third-order valence-corrected chi connectivity index (χ3v) is 8.44. The van der Waals surface area contributed by atoms with Crippen LogP contribution in [0, 0.1) is 18.3 Å². The highest BCUT2D eigenvalue weighted by molar-refractivity contribution is 5.88. The SMILES string of the molecule is [2H]C([2H])(O[C@H]1[C@H](C(C)(C)C)[C@@H](C(=O)O)N(C(=O)[C@@H]2CCCCO2)[C@H]1c1ccccc1C)c1cc(C(C)(C)C)ccc1OC. The minimum atomic E-state index is -2.38. The first-order chi connectivity index (χ1) is 20.0. The number of carbonyl (C=O) groups is 2. The highest BCUT2D eigenvalue weighted by Crippen LogP contribution is 2.51. The molecule has 41 heavy (non-hydrogen) atoms. The van der Waals surface area contributed by atoms with Crippen molar-refractivity contribution in [3.05, 3.63) is 64.7 Å². The molecule has 2 aromatic rings. The average molecular weight is 568 g/mol. The van der Waals surface area contributed by atoms with Crippen LogP contribution in [0.1, 0.15) is 91.8 Å². The maximum absolute atomic E-state index is 14.3. The number of hydrogen-bond acceptors (Lipinski definition) is 5. The number of rotatable bonds is 7. The molecule has 2 fully saturated rings. The summed E-state index contributed by atoms with van der Waals surface area (Å²) in [6.07, 6.45) is 0.395. The molecule has 224 valence electrons. The number of likely N-dealkylation sites (tertiary alicyclic amines) is 1. The van der Waals surface area contributed by atoms with E-state index in [1.54, 1.807) is 12.1 Å². The molecule has 2 aliphatic heterocycles. The summed E-state index contributed by atoms with van der Waals surface area (Å²) >= 11 is 0. The lowest BCUT2D eigenvalue weighted by Crippen LogP contribution is -2.51. The molecule has 4 rings (SSSR count). The summed E-state index contributed by atoms with van der Waals surface area (Å²) in [6.45, 7) is 11.9. The van der Waals surface area contributed by atoms with Crippen LogP contribution in [0.4, 0.5) is 0 Å². The van der Waals surface area contributed by atoms with Crippen molar-refractivity contribution in [2.24, 2.45) is 11.3 Å². The Morgan fingerprint density at radius 1 is 1.10 bits per heavy atom. The first kappa shape index (κ1) is 28.2. The summed E-state index contributed by atoms with van der Waals surface area (Å²) in [5, 5.41) is 10.7. The number of ether oxygens (including phenoxy) is 3. The van der Waals surface area contributed by atoms with Gasteiger partial charge < -0.3 is 24.2 Å². The molecule has 0 radical (unpaired) electrons. The van der Waals surface area contributed by atoms with E-state index in [-0.39, 0.29) is 11.0 Å². The minimum absolute atomic E-state index is 0.214. The molecule has 1 N–H and O–H groups in total. The van der Waals surface area contributed by atoms with Crippen molar-refractivity contribution in [2.75, 3.05) is 13.7 Å². The zero-order valence-electron chi connectivity index (χ0n) is 27.7. The number of carbonyl (C=O) groups excluding carboxylic acids is 1. The van der Waals surface area contributed by atoms with Gasteiger partial charge in [0, 0.05) is 18.1 Å². The predicted molar refractivity (Wildman–Crippen MR) is 159 cm³/mol. The van der Waals surface area contributed by atoms with Crippen molar-refractivity contribution in [2.45, 2.75) is 104 Å². The Bertz CT molecular complexity index is 1320. The molecule has 0 saturated carbocycles. The fourth-order valence-electron chi connectivity index (χ4n) is 6.26. The largest absolute Gasteiger partial charge is 0.496 e. The molecule has 0 bridgehead atoms. The van der Waals surface area contributed by atoms with E-state index in [9.17, 15) is 17.4 Å². The van der Waals surface area contributed by atoms with Gasteiger partial charge in [0.15, 0.2) is 0 Å². The molecule has 2 saturated heterocycles. The van der Waals surface area contributed by atoms with E-state index in [2.05, 4.69) is 0 Å². The summed E-state index contributed by atoms with van der Waals surface area (Å²) in [5.41, 5.74) is 1.76. The van der Waals surface area contributed by atoms with Crippen LogP contribution in [-0.4, -0.2) is 53.8 Å². The van der Waals surface area contributed by atoms with Gasteiger partial charge in [0.1, 0.15) is 17.9 Å². The van der Waals surface area contributed by atoms with E-state index in [0.29, 0.717) is 18.8 Å². The van der Waals surface area contributed by atoms with E-state index >= 15 is 0 Å². The second-order valence-electron chi connectivity index (χ2n) is 13.4. The number of amides is 1. The normalized spacial score (nSPS) is 26.3. The summed E-state index contributed by atoms with van der Waals surface area (Å²) in [7, 11) is 1.49. The van der Waals surface area contributed by atoms with Gasteiger partial charge in [-0.1, -0.05) is 71.9 Å². The molecule has 0 unspecified atom stereocenters. The third kappa shape index (κ3) is 6.46.